The molecule has 0 rings (SSSR count). The number of rotatable bonds is 72. The van der Waals surface area contributed by atoms with Gasteiger partial charge < -0.3 is 34.2 Å². The summed E-state index contributed by atoms with van der Waals surface area (Å²) in [6, 6.07) is 0. The maximum Gasteiger partial charge on any atom is 0.472 e. The molecule has 0 heterocycles. The fourth-order valence-corrected chi connectivity index (χ4v) is 11.5. The van der Waals surface area contributed by atoms with Crippen LogP contribution in [0.15, 0.2) is 134 Å². The summed E-state index contributed by atoms with van der Waals surface area (Å²) in [4.78, 5) is 58.6. The minimum atomic E-state index is -4.94. The Labute approximate surface area is 601 Å². The van der Waals surface area contributed by atoms with E-state index in [1.165, 1.54) is 89.9 Å². The molecule has 0 aliphatic rings. The van der Waals surface area contributed by atoms with Gasteiger partial charge in [-0.2, -0.15) is 0 Å². The van der Waals surface area contributed by atoms with Crippen molar-refractivity contribution >= 4 is 33.6 Å². The smallest absolute Gasteiger partial charge is 0.463 e. The van der Waals surface area contributed by atoms with Crippen molar-refractivity contribution in [3.8, 4) is 0 Å². The number of hydrogen-bond donors (Lipinski definition) is 4. The molecule has 0 aliphatic carbocycles. The van der Waals surface area contributed by atoms with Crippen LogP contribution in [0.25, 0.3) is 0 Å². The fraction of sp³-hybridized carbons (Fsp3) is 0.691. The molecule has 0 aromatic rings. The summed E-state index contributed by atoms with van der Waals surface area (Å²) < 4.78 is 61.1. The summed E-state index contributed by atoms with van der Waals surface area (Å²) >= 11 is 0. The predicted molar refractivity (Wildman–Crippen MR) is 408 cm³/mol. The molecule has 0 aromatic heterocycles. The van der Waals surface area contributed by atoms with Gasteiger partial charge >= 0.3 is 33.6 Å². The highest BCUT2D eigenvalue weighted by atomic mass is 31.2. The highest BCUT2D eigenvalue weighted by Gasteiger charge is 2.29. The number of aliphatic hydroxyl groups excluding tert-OH is 2. The highest BCUT2D eigenvalue weighted by Crippen LogP contribution is 2.45. The van der Waals surface area contributed by atoms with Gasteiger partial charge in [0.1, 0.15) is 25.4 Å². The maximum absolute atomic E-state index is 13.0. The van der Waals surface area contributed by atoms with Gasteiger partial charge in [0.25, 0.3) is 0 Å². The van der Waals surface area contributed by atoms with Crippen LogP contribution in [0, 0.1) is 0 Å². The average Bonchev–Trinajstić information content (AvgIpc) is 1.55. The Morgan fingerprint density at radius 2 is 0.535 bits per heavy atom. The topological polar surface area (TPSA) is 231 Å². The third kappa shape index (κ3) is 74.7. The van der Waals surface area contributed by atoms with Gasteiger partial charge in [0.15, 0.2) is 6.10 Å². The van der Waals surface area contributed by atoms with Crippen molar-refractivity contribution in [2.24, 2.45) is 0 Å². The van der Waals surface area contributed by atoms with E-state index in [1.807, 2.05) is 0 Å². The zero-order valence-electron chi connectivity index (χ0n) is 61.9. The number of unbranched alkanes of at least 4 members (excludes halogenated alkanes) is 27. The first kappa shape index (κ1) is 94.7. The van der Waals surface area contributed by atoms with E-state index in [9.17, 15) is 43.5 Å². The second-order valence-corrected chi connectivity index (χ2v) is 28.3. The molecule has 5 unspecified atom stereocenters. The van der Waals surface area contributed by atoms with Crippen LogP contribution in [-0.2, 0) is 55.8 Å². The molecule has 99 heavy (non-hydrogen) atoms. The van der Waals surface area contributed by atoms with E-state index < -0.39 is 91.5 Å². The molecule has 0 spiro atoms. The zero-order chi connectivity index (χ0) is 72.3. The molecule has 0 radical (unpaired) electrons. The van der Waals surface area contributed by atoms with Crippen molar-refractivity contribution in [1.82, 2.24) is 0 Å². The lowest BCUT2D eigenvalue weighted by Gasteiger charge is -2.21. The number of phosphoric ester groups is 2. The number of phosphoric acid groups is 2. The van der Waals surface area contributed by atoms with Crippen molar-refractivity contribution < 1.29 is 75.8 Å². The first-order valence-electron chi connectivity index (χ1n) is 38.5. The average molecular weight is 1430 g/mol. The Kier molecular flexibility index (Phi) is 70.2. The first-order valence-corrected chi connectivity index (χ1v) is 41.5. The Balaban J connectivity index is 4.59. The summed E-state index contributed by atoms with van der Waals surface area (Å²) in [6.07, 6.45) is 87.8. The lowest BCUT2D eigenvalue weighted by Crippen LogP contribution is -2.30. The second kappa shape index (κ2) is 73.4. The van der Waals surface area contributed by atoms with E-state index >= 15 is 0 Å². The summed E-state index contributed by atoms with van der Waals surface area (Å²) in [5, 5.41) is 20.6. The quantitative estimate of drug-likeness (QED) is 0.0146. The molecule has 18 heteroatoms. The van der Waals surface area contributed by atoms with Crippen LogP contribution < -0.4 is 0 Å². The lowest BCUT2D eigenvalue weighted by molar-refractivity contribution is -0.161. The molecule has 0 amide bonds. The monoisotopic (exact) mass is 1430 g/mol. The molecule has 0 saturated heterocycles. The van der Waals surface area contributed by atoms with Gasteiger partial charge in [-0.25, -0.2) is 9.13 Å². The Bertz CT molecular complexity index is 2330. The van der Waals surface area contributed by atoms with E-state index in [1.54, 1.807) is 0 Å². The Morgan fingerprint density at radius 1 is 0.293 bits per heavy atom. The van der Waals surface area contributed by atoms with Crippen molar-refractivity contribution in [2.45, 2.75) is 322 Å². The molecule has 0 saturated carbocycles. The van der Waals surface area contributed by atoms with Crippen LogP contribution in [0.3, 0.4) is 0 Å². The van der Waals surface area contributed by atoms with Gasteiger partial charge in [0.2, 0.25) is 0 Å². The van der Waals surface area contributed by atoms with Crippen LogP contribution in [0.2, 0.25) is 0 Å². The predicted octanol–water partition coefficient (Wildman–Crippen LogP) is 22.3. The van der Waals surface area contributed by atoms with Gasteiger partial charge in [0.05, 0.1) is 26.4 Å². The summed E-state index contributed by atoms with van der Waals surface area (Å²) in [5.74, 6) is -1.62. The van der Waals surface area contributed by atoms with Crippen molar-refractivity contribution in [1.29, 1.82) is 0 Å². The van der Waals surface area contributed by atoms with Gasteiger partial charge in [-0.05, 0) is 141 Å². The number of ether oxygens (including phenoxy) is 3. The van der Waals surface area contributed by atoms with Gasteiger partial charge in [0, 0.05) is 19.3 Å². The fourth-order valence-electron chi connectivity index (χ4n) is 9.96. The minimum absolute atomic E-state index is 0.0806. The van der Waals surface area contributed by atoms with Gasteiger partial charge in [-0.15, -0.1) is 0 Å². The number of aliphatic hydroxyl groups is 2. The Hall–Kier alpha value is -4.31. The molecule has 0 fully saturated rings. The number of carbonyl (C=O) groups excluding carboxylic acids is 3. The molecule has 0 aliphatic heterocycles. The number of carbonyl (C=O) groups is 3. The Morgan fingerprint density at radius 3 is 0.848 bits per heavy atom. The van der Waals surface area contributed by atoms with E-state index in [0.717, 1.165) is 154 Å². The van der Waals surface area contributed by atoms with Crippen molar-refractivity contribution in [3.63, 3.8) is 0 Å². The molecule has 0 aromatic carbocycles. The molecule has 568 valence electrons. The highest BCUT2D eigenvalue weighted by molar-refractivity contribution is 7.47. The van der Waals surface area contributed by atoms with E-state index in [2.05, 4.69) is 154 Å². The summed E-state index contributed by atoms with van der Waals surface area (Å²) in [5.41, 5.74) is 0. The SMILES string of the molecule is CC/C=C\C/C=C\C/C=C\C/C=C\C/C=C\CCCCCCCC(=O)OCC(COP(=O)(O)OCC(O)COP(=O)(O)OCC(O)COC(=O)CCCCCCCCCCCCC/C=C\C/C=C\C/C=C\C/C=C\CCCCC)OC(=O)CCCCCCC/C=C\C/C=C\CCCCC. The number of esters is 3. The zero-order valence-corrected chi connectivity index (χ0v) is 63.7. The first-order chi connectivity index (χ1) is 48.2. The second-order valence-electron chi connectivity index (χ2n) is 25.4. The summed E-state index contributed by atoms with van der Waals surface area (Å²) in [6.45, 7) is 2.47. The number of hydrogen-bond acceptors (Lipinski definition) is 14. The van der Waals surface area contributed by atoms with E-state index in [0.29, 0.717) is 19.3 Å². The normalized spacial score (nSPS) is 14.8. The largest absolute Gasteiger partial charge is 0.472 e. The molecule has 5 atom stereocenters. The van der Waals surface area contributed by atoms with Crippen LogP contribution in [0.1, 0.15) is 303 Å². The maximum atomic E-state index is 13.0. The van der Waals surface area contributed by atoms with Crippen LogP contribution in [-0.4, -0.2) is 95.9 Å². The molecule has 16 nitrogen and oxygen atoms in total. The minimum Gasteiger partial charge on any atom is -0.463 e. The standard InChI is InChI=1S/C81H138O16P2/c1-4-7-10-13-16-19-22-25-28-30-32-34-35-36-37-38-39-41-43-44-47-49-52-55-58-61-64-67-79(84)91-70-76(82)71-93-98(87,88)94-72-77(83)73-95-99(89,90)96-75-78(97-81(86)69-66-63-60-57-54-51-46-27-24-21-18-15-12-9-6-3)74-92-80(85)68-65-62-59-56-53-50-48-45-42-40-33-31-29-26-23-20-17-14-11-8-5-2/h8,11,16-21,25-29,32-34,36-37,40,45-46,48,76-78,82-83H,4-7,9-10,12-15,22-24,30-31,35,38-39,41-44,47,49-75H2,1-3H3,(H,87,88)(H,89,90)/b11-8-,19-16-,20-17-,21-18-,28-25-,29-26-,34-32-,37-36-,40-33-,46-27-,48-45-. The third-order valence-corrected chi connectivity index (χ3v) is 17.7. The van der Waals surface area contributed by atoms with Crippen LogP contribution in [0.5, 0.6) is 0 Å². The summed E-state index contributed by atoms with van der Waals surface area (Å²) in [7, 11) is -9.80. The molecular weight excluding hydrogens is 1290 g/mol. The van der Waals surface area contributed by atoms with Gasteiger partial charge in [-0.1, -0.05) is 276 Å². The van der Waals surface area contributed by atoms with E-state index in [-0.39, 0.29) is 19.3 Å². The van der Waals surface area contributed by atoms with Crippen molar-refractivity contribution in [2.75, 3.05) is 39.6 Å². The van der Waals surface area contributed by atoms with Crippen LogP contribution in [0.4, 0.5) is 0 Å². The van der Waals surface area contributed by atoms with Crippen molar-refractivity contribution in [3.05, 3.63) is 134 Å². The molecule has 0 bridgehead atoms. The third-order valence-electron chi connectivity index (χ3n) is 15.8. The van der Waals surface area contributed by atoms with E-state index in [4.69, 9.17) is 32.3 Å². The number of allylic oxidation sites excluding steroid dienone is 22. The molecule has 4 N–H and O–H groups in total. The van der Waals surface area contributed by atoms with Gasteiger partial charge in [-0.3, -0.25) is 32.5 Å². The van der Waals surface area contributed by atoms with Crippen LogP contribution >= 0.6 is 15.6 Å². The lowest BCUT2D eigenvalue weighted by atomic mass is 10.0. The molecular formula is C81H138O16P2.